The van der Waals surface area contributed by atoms with Crippen molar-refractivity contribution in [1.82, 2.24) is 14.5 Å². The normalized spacial score (nSPS) is 11.7. The van der Waals surface area contributed by atoms with Gasteiger partial charge in [-0.3, -0.25) is 4.68 Å². The summed E-state index contributed by atoms with van der Waals surface area (Å²) in [5, 5.41) is 3.98. The van der Waals surface area contributed by atoms with E-state index in [2.05, 4.69) is 9.82 Å². The molecule has 1 heterocycles. The SMILES string of the molecule is Cn1nccc1CNS(=O)(=O)c1ccc(CN)cc1. The van der Waals surface area contributed by atoms with Gasteiger partial charge in [-0.1, -0.05) is 12.1 Å². The Morgan fingerprint density at radius 3 is 2.47 bits per heavy atom. The van der Waals surface area contributed by atoms with Crippen LogP contribution >= 0.6 is 0 Å². The number of rotatable bonds is 5. The van der Waals surface area contributed by atoms with E-state index in [0.717, 1.165) is 11.3 Å². The third-order valence-corrected chi connectivity index (χ3v) is 4.25. The number of aryl methyl sites for hydroxylation is 1. The van der Waals surface area contributed by atoms with E-state index in [1.807, 2.05) is 0 Å². The molecule has 0 fully saturated rings. The highest BCUT2D eigenvalue weighted by atomic mass is 32.2. The standard InChI is InChI=1S/C12H16N4O2S/c1-16-11(6-7-14-16)9-15-19(17,18)12-4-2-10(8-13)3-5-12/h2-7,15H,8-9,13H2,1H3. The van der Waals surface area contributed by atoms with Gasteiger partial charge < -0.3 is 5.73 Å². The van der Waals surface area contributed by atoms with E-state index in [4.69, 9.17) is 5.73 Å². The minimum Gasteiger partial charge on any atom is -0.326 e. The van der Waals surface area contributed by atoms with E-state index in [-0.39, 0.29) is 11.4 Å². The molecule has 7 heteroatoms. The van der Waals surface area contributed by atoms with Gasteiger partial charge in [0.1, 0.15) is 0 Å². The number of nitrogens with zero attached hydrogens (tertiary/aromatic N) is 2. The van der Waals surface area contributed by atoms with Crippen LogP contribution in [0.15, 0.2) is 41.4 Å². The van der Waals surface area contributed by atoms with Crippen LogP contribution < -0.4 is 10.5 Å². The Morgan fingerprint density at radius 1 is 1.26 bits per heavy atom. The summed E-state index contributed by atoms with van der Waals surface area (Å²) in [6, 6.07) is 8.28. The molecule has 0 radical (unpaired) electrons. The first-order chi connectivity index (χ1) is 9.03. The van der Waals surface area contributed by atoms with Gasteiger partial charge in [-0.05, 0) is 23.8 Å². The van der Waals surface area contributed by atoms with Crippen LogP contribution in [0.4, 0.5) is 0 Å². The molecule has 0 aliphatic heterocycles. The summed E-state index contributed by atoms with van der Waals surface area (Å²) in [5.74, 6) is 0. The van der Waals surface area contributed by atoms with Crippen LogP contribution in [-0.4, -0.2) is 18.2 Å². The van der Waals surface area contributed by atoms with Crippen molar-refractivity contribution in [3.05, 3.63) is 47.8 Å². The van der Waals surface area contributed by atoms with Crippen LogP contribution in [0.2, 0.25) is 0 Å². The van der Waals surface area contributed by atoms with E-state index >= 15 is 0 Å². The van der Waals surface area contributed by atoms with E-state index in [1.165, 1.54) is 0 Å². The molecular formula is C12H16N4O2S. The quantitative estimate of drug-likeness (QED) is 0.827. The summed E-state index contributed by atoms with van der Waals surface area (Å²) in [7, 11) is -1.75. The minimum atomic E-state index is -3.51. The molecule has 0 amide bonds. The van der Waals surface area contributed by atoms with Gasteiger partial charge in [0.2, 0.25) is 10.0 Å². The fraction of sp³-hybridized carbons (Fsp3) is 0.250. The Balaban J connectivity index is 2.11. The molecule has 0 saturated heterocycles. The highest BCUT2D eigenvalue weighted by molar-refractivity contribution is 7.89. The lowest BCUT2D eigenvalue weighted by atomic mass is 10.2. The van der Waals surface area contributed by atoms with Crippen molar-refractivity contribution < 1.29 is 8.42 Å². The van der Waals surface area contributed by atoms with Crippen LogP contribution in [0.1, 0.15) is 11.3 Å². The lowest BCUT2D eigenvalue weighted by molar-refractivity contribution is 0.577. The molecule has 2 aromatic rings. The van der Waals surface area contributed by atoms with E-state index in [0.29, 0.717) is 6.54 Å². The Morgan fingerprint density at radius 2 is 1.95 bits per heavy atom. The molecule has 0 unspecified atom stereocenters. The first kappa shape index (κ1) is 13.7. The summed E-state index contributed by atoms with van der Waals surface area (Å²) in [5.41, 5.74) is 7.16. The molecule has 1 aromatic heterocycles. The van der Waals surface area contributed by atoms with Crippen molar-refractivity contribution in [3.8, 4) is 0 Å². The predicted molar refractivity (Wildman–Crippen MR) is 71.6 cm³/mol. The third-order valence-electron chi connectivity index (χ3n) is 2.84. The average molecular weight is 280 g/mol. The summed E-state index contributed by atoms with van der Waals surface area (Å²) >= 11 is 0. The van der Waals surface area contributed by atoms with Crippen molar-refractivity contribution in [2.24, 2.45) is 12.8 Å². The van der Waals surface area contributed by atoms with Gasteiger partial charge in [-0.2, -0.15) is 5.10 Å². The lowest BCUT2D eigenvalue weighted by Gasteiger charge is -2.07. The molecule has 6 nitrogen and oxygen atoms in total. The maximum absolute atomic E-state index is 12.1. The molecule has 0 bridgehead atoms. The molecule has 0 aliphatic carbocycles. The second-order valence-corrected chi connectivity index (χ2v) is 5.89. The van der Waals surface area contributed by atoms with Crippen LogP contribution in [0.5, 0.6) is 0 Å². The van der Waals surface area contributed by atoms with Gasteiger partial charge in [0.15, 0.2) is 0 Å². The molecule has 0 spiro atoms. The van der Waals surface area contributed by atoms with Crippen molar-refractivity contribution in [3.63, 3.8) is 0 Å². The molecule has 1 aromatic carbocycles. The predicted octanol–water partition coefficient (Wildman–Crippen LogP) is 0.357. The first-order valence-corrected chi connectivity index (χ1v) is 7.27. The maximum atomic E-state index is 12.1. The molecular weight excluding hydrogens is 264 g/mol. The molecule has 19 heavy (non-hydrogen) atoms. The fourth-order valence-electron chi connectivity index (χ4n) is 1.63. The second kappa shape index (κ2) is 5.52. The highest BCUT2D eigenvalue weighted by Crippen LogP contribution is 2.11. The Hall–Kier alpha value is -1.70. The van der Waals surface area contributed by atoms with Crippen molar-refractivity contribution >= 4 is 10.0 Å². The lowest BCUT2D eigenvalue weighted by Crippen LogP contribution is -2.24. The summed E-state index contributed by atoms with van der Waals surface area (Å²) in [4.78, 5) is 0.229. The highest BCUT2D eigenvalue weighted by Gasteiger charge is 2.14. The van der Waals surface area contributed by atoms with Gasteiger partial charge in [0.05, 0.1) is 17.1 Å². The number of hydrogen-bond donors (Lipinski definition) is 2. The largest absolute Gasteiger partial charge is 0.326 e. The van der Waals surface area contributed by atoms with E-state index < -0.39 is 10.0 Å². The van der Waals surface area contributed by atoms with Gasteiger partial charge in [-0.25, -0.2) is 13.1 Å². The van der Waals surface area contributed by atoms with Gasteiger partial charge >= 0.3 is 0 Å². The summed E-state index contributed by atoms with van der Waals surface area (Å²) in [6.45, 7) is 0.597. The smallest absolute Gasteiger partial charge is 0.240 e. The zero-order valence-corrected chi connectivity index (χ0v) is 11.4. The van der Waals surface area contributed by atoms with Gasteiger partial charge in [0.25, 0.3) is 0 Å². The van der Waals surface area contributed by atoms with E-state index in [9.17, 15) is 8.42 Å². The molecule has 0 saturated carbocycles. The molecule has 0 aliphatic rings. The van der Waals surface area contributed by atoms with Crippen LogP contribution in [0, 0.1) is 0 Å². The van der Waals surface area contributed by atoms with Crippen molar-refractivity contribution in [1.29, 1.82) is 0 Å². The van der Waals surface area contributed by atoms with Gasteiger partial charge in [-0.15, -0.1) is 0 Å². The third kappa shape index (κ3) is 3.19. The number of aromatic nitrogens is 2. The number of hydrogen-bond acceptors (Lipinski definition) is 4. The minimum absolute atomic E-state index is 0.206. The number of sulfonamides is 1. The van der Waals surface area contributed by atoms with Crippen LogP contribution in [-0.2, 0) is 30.2 Å². The van der Waals surface area contributed by atoms with Gasteiger partial charge in [0, 0.05) is 19.8 Å². The van der Waals surface area contributed by atoms with Crippen LogP contribution in [0.3, 0.4) is 0 Å². The number of nitrogens with one attached hydrogen (secondary N) is 1. The Bertz CT molecular complexity index is 647. The first-order valence-electron chi connectivity index (χ1n) is 5.78. The monoisotopic (exact) mass is 280 g/mol. The Kier molecular flexibility index (Phi) is 3.98. The molecule has 2 rings (SSSR count). The average Bonchev–Trinajstić information content (AvgIpc) is 2.82. The summed E-state index contributed by atoms with van der Waals surface area (Å²) < 4.78 is 28.3. The topological polar surface area (TPSA) is 90.0 Å². The zero-order chi connectivity index (χ0) is 13.9. The number of benzene rings is 1. The second-order valence-electron chi connectivity index (χ2n) is 4.12. The maximum Gasteiger partial charge on any atom is 0.240 e. The summed E-state index contributed by atoms with van der Waals surface area (Å²) in [6.07, 6.45) is 1.62. The number of nitrogens with two attached hydrogens (primary N) is 1. The van der Waals surface area contributed by atoms with E-state index in [1.54, 1.807) is 48.3 Å². The molecule has 102 valence electrons. The fourth-order valence-corrected chi connectivity index (χ4v) is 2.63. The van der Waals surface area contributed by atoms with Crippen LogP contribution in [0.25, 0.3) is 0 Å². The molecule has 3 N–H and O–H groups in total. The van der Waals surface area contributed by atoms with Crippen molar-refractivity contribution in [2.75, 3.05) is 0 Å². The van der Waals surface area contributed by atoms with Crippen molar-refractivity contribution in [2.45, 2.75) is 18.0 Å². The Labute approximate surface area is 112 Å². The zero-order valence-electron chi connectivity index (χ0n) is 10.6. The molecule has 0 atom stereocenters.